The quantitative estimate of drug-likeness (QED) is 0.561. The van der Waals surface area contributed by atoms with E-state index in [1.165, 1.54) is 43.6 Å². The molecule has 0 bridgehead atoms. The first kappa shape index (κ1) is 21.0. The largest absolute Gasteiger partial charge is 0.381 e. The molecule has 0 aliphatic carbocycles. The number of ether oxygens (including phenoxy) is 2. The van der Waals surface area contributed by atoms with Gasteiger partial charge in [0.2, 0.25) is 5.78 Å². The van der Waals surface area contributed by atoms with E-state index in [2.05, 4.69) is 15.5 Å². The standard InChI is InChI=1S/C22H22FN3O5/c1-29-12-18-19(20(26-31-18)13-2-4-15(23)5-3-13)21(27)14-10-17(24-11-14)22(28)25-16-6-8-30-9-7-16/h2-5,10-11,16,24H,6-9,12H2,1H3,(H,25,28). The van der Waals surface area contributed by atoms with E-state index in [0.29, 0.717) is 18.8 Å². The number of hydrogen-bond acceptors (Lipinski definition) is 6. The highest BCUT2D eigenvalue weighted by molar-refractivity contribution is 6.13. The highest BCUT2D eigenvalue weighted by atomic mass is 19.1. The van der Waals surface area contributed by atoms with Crippen LogP contribution in [0.15, 0.2) is 41.1 Å². The monoisotopic (exact) mass is 427 g/mol. The summed E-state index contributed by atoms with van der Waals surface area (Å²) in [6, 6.07) is 7.14. The van der Waals surface area contributed by atoms with Gasteiger partial charge in [-0.15, -0.1) is 0 Å². The van der Waals surface area contributed by atoms with Gasteiger partial charge in [0, 0.05) is 43.7 Å². The van der Waals surface area contributed by atoms with Gasteiger partial charge in [0.25, 0.3) is 5.91 Å². The lowest BCUT2D eigenvalue weighted by Gasteiger charge is -2.22. The Labute approximate surface area is 177 Å². The number of carbonyl (C=O) groups is 2. The molecule has 1 aliphatic heterocycles. The van der Waals surface area contributed by atoms with Gasteiger partial charge in [-0.3, -0.25) is 9.59 Å². The van der Waals surface area contributed by atoms with E-state index in [1.54, 1.807) is 0 Å². The number of carbonyl (C=O) groups excluding carboxylic acids is 2. The number of benzene rings is 1. The van der Waals surface area contributed by atoms with Crippen LogP contribution in [0, 0.1) is 5.82 Å². The van der Waals surface area contributed by atoms with Gasteiger partial charge in [0.05, 0.1) is 5.56 Å². The first-order valence-corrected chi connectivity index (χ1v) is 9.92. The molecule has 31 heavy (non-hydrogen) atoms. The van der Waals surface area contributed by atoms with Crippen LogP contribution in [0.3, 0.4) is 0 Å². The van der Waals surface area contributed by atoms with Crippen LogP contribution in [-0.4, -0.2) is 48.2 Å². The van der Waals surface area contributed by atoms with Crippen molar-refractivity contribution in [3.8, 4) is 11.3 Å². The molecular weight excluding hydrogens is 405 g/mol. The van der Waals surface area contributed by atoms with Crippen molar-refractivity contribution in [1.82, 2.24) is 15.5 Å². The smallest absolute Gasteiger partial charge is 0.267 e. The van der Waals surface area contributed by atoms with Crippen molar-refractivity contribution in [2.45, 2.75) is 25.5 Å². The molecule has 162 valence electrons. The van der Waals surface area contributed by atoms with Gasteiger partial charge >= 0.3 is 0 Å². The maximum absolute atomic E-state index is 13.3. The van der Waals surface area contributed by atoms with Gasteiger partial charge in [-0.25, -0.2) is 4.39 Å². The Morgan fingerprint density at radius 1 is 1.26 bits per heavy atom. The van der Waals surface area contributed by atoms with E-state index < -0.39 is 5.82 Å². The van der Waals surface area contributed by atoms with Crippen LogP contribution in [0.1, 0.15) is 45.0 Å². The number of ketones is 1. The third-order valence-electron chi connectivity index (χ3n) is 5.13. The number of methoxy groups -OCH3 is 1. The highest BCUT2D eigenvalue weighted by Crippen LogP contribution is 2.29. The van der Waals surface area contributed by atoms with E-state index in [0.717, 1.165) is 12.8 Å². The summed E-state index contributed by atoms with van der Waals surface area (Å²) in [6.45, 7) is 1.26. The van der Waals surface area contributed by atoms with Crippen molar-refractivity contribution in [3.05, 3.63) is 64.9 Å². The second-order valence-electron chi connectivity index (χ2n) is 7.26. The molecule has 0 unspecified atom stereocenters. The summed E-state index contributed by atoms with van der Waals surface area (Å²) in [6.07, 6.45) is 2.97. The predicted octanol–water partition coefficient (Wildman–Crippen LogP) is 3.10. The van der Waals surface area contributed by atoms with Crippen LogP contribution in [0.25, 0.3) is 11.3 Å². The average molecular weight is 427 g/mol. The van der Waals surface area contributed by atoms with E-state index >= 15 is 0 Å². The lowest BCUT2D eigenvalue weighted by Crippen LogP contribution is -2.39. The summed E-state index contributed by atoms with van der Waals surface area (Å²) in [5, 5.41) is 6.95. The van der Waals surface area contributed by atoms with E-state index in [-0.39, 0.29) is 52.6 Å². The molecule has 1 aromatic carbocycles. The van der Waals surface area contributed by atoms with Gasteiger partial charge in [-0.1, -0.05) is 5.16 Å². The zero-order valence-electron chi connectivity index (χ0n) is 16.9. The Balaban J connectivity index is 1.60. The molecule has 1 saturated heterocycles. The molecule has 0 radical (unpaired) electrons. The Hall–Kier alpha value is -3.30. The molecule has 3 aromatic rings. The second-order valence-corrected chi connectivity index (χ2v) is 7.26. The molecule has 2 aromatic heterocycles. The molecular formula is C22H22FN3O5. The fourth-order valence-corrected chi connectivity index (χ4v) is 3.50. The molecule has 1 amide bonds. The van der Waals surface area contributed by atoms with E-state index in [1.807, 2.05) is 0 Å². The topological polar surface area (TPSA) is 106 Å². The molecule has 0 spiro atoms. The first-order chi connectivity index (χ1) is 15.1. The van der Waals surface area contributed by atoms with Gasteiger partial charge < -0.3 is 24.3 Å². The summed E-state index contributed by atoms with van der Waals surface area (Å²) in [5.41, 5.74) is 1.59. The summed E-state index contributed by atoms with van der Waals surface area (Å²) in [4.78, 5) is 28.7. The summed E-state index contributed by atoms with van der Waals surface area (Å²) in [5.74, 6) is -0.814. The van der Waals surface area contributed by atoms with E-state index in [4.69, 9.17) is 14.0 Å². The van der Waals surface area contributed by atoms with Crippen LogP contribution in [0.4, 0.5) is 4.39 Å². The molecule has 3 heterocycles. The number of nitrogens with one attached hydrogen (secondary N) is 2. The number of hydrogen-bond donors (Lipinski definition) is 2. The number of aromatic nitrogens is 2. The molecule has 0 atom stereocenters. The van der Waals surface area contributed by atoms with Crippen LogP contribution in [0.2, 0.25) is 0 Å². The zero-order chi connectivity index (χ0) is 21.8. The molecule has 8 nitrogen and oxygen atoms in total. The van der Waals surface area contributed by atoms with Crippen molar-refractivity contribution in [2.75, 3.05) is 20.3 Å². The summed E-state index contributed by atoms with van der Waals surface area (Å²) >= 11 is 0. The van der Waals surface area contributed by atoms with Crippen molar-refractivity contribution >= 4 is 11.7 Å². The summed E-state index contributed by atoms with van der Waals surface area (Å²) in [7, 11) is 1.48. The second kappa shape index (κ2) is 9.23. The third-order valence-corrected chi connectivity index (χ3v) is 5.13. The first-order valence-electron chi connectivity index (χ1n) is 9.92. The fourth-order valence-electron chi connectivity index (χ4n) is 3.50. The minimum atomic E-state index is -0.400. The zero-order valence-corrected chi connectivity index (χ0v) is 16.9. The number of halogens is 1. The Morgan fingerprint density at radius 2 is 2.00 bits per heavy atom. The van der Waals surface area contributed by atoms with Crippen LogP contribution >= 0.6 is 0 Å². The number of rotatable bonds is 7. The molecule has 1 aliphatic rings. The van der Waals surface area contributed by atoms with Gasteiger partial charge in [0.1, 0.15) is 23.8 Å². The number of nitrogens with zero attached hydrogens (tertiary/aromatic N) is 1. The fraction of sp³-hybridized carbons (Fsp3) is 0.318. The molecule has 4 rings (SSSR count). The number of aromatic amines is 1. The molecule has 1 fully saturated rings. The summed E-state index contributed by atoms with van der Waals surface area (Å²) < 4.78 is 29.1. The number of amides is 1. The molecule has 0 saturated carbocycles. The third kappa shape index (κ3) is 4.57. The average Bonchev–Trinajstić information content (AvgIpc) is 3.43. The maximum atomic E-state index is 13.3. The lowest BCUT2D eigenvalue weighted by atomic mass is 9.99. The van der Waals surface area contributed by atoms with Gasteiger partial charge in [0.15, 0.2) is 5.76 Å². The van der Waals surface area contributed by atoms with Crippen LogP contribution < -0.4 is 5.32 Å². The maximum Gasteiger partial charge on any atom is 0.267 e. The van der Waals surface area contributed by atoms with Crippen molar-refractivity contribution in [3.63, 3.8) is 0 Å². The van der Waals surface area contributed by atoms with Crippen LogP contribution in [-0.2, 0) is 16.1 Å². The Morgan fingerprint density at radius 3 is 2.71 bits per heavy atom. The minimum absolute atomic E-state index is 0.0385. The Kier molecular flexibility index (Phi) is 6.24. The SMILES string of the molecule is COCc1onc(-c2ccc(F)cc2)c1C(=O)c1c[nH]c(C(=O)NC2CCOCC2)c1. The predicted molar refractivity (Wildman–Crippen MR) is 108 cm³/mol. The number of H-pyrrole nitrogens is 1. The Bertz CT molecular complexity index is 1070. The van der Waals surface area contributed by atoms with Crippen molar-refractivity contribution in [1.29, 1.82) is 0 Å². The van der Waals surface area contributed by atoms with Crippen molar-refractivity contribution < 1.29 is 28.0 Å². The normalized spacial score (nSPS) is 14.5. The van der Waals surface area contributed by atoms with Crippen molar-refractivity contribution in [2.24, 2.45) is 0 Å². The van der Waals surface area contributed by atoms with Crippen LogP contribution in [0.5, 0.6) is 0 Å². The lowest BCUT2D eigenvalue weighted by molar-refractivity contribution is 0.0694. The molecule has 2 N–H and O–H groups in total. The van der Waals surface area contributed by atoms with Gasteiger partial charge in [-0.05, 0) is 43.2 Å². The molecule has 9 heteroatoms. The minimum Gasteiger partial charge on any atom is -0.381 e. The van der Waals surface area contributed by atoms with E-state index in [9.17, 15) is 14.0 Å². The highest BCUT2D eigenvalue weighted by Gasteiger charge is 2.27. The van der Waals surface area contributed by atoms with Gasteiger partial charge in [-0.2, -0.15) is 0 Å².